The standard InChI is InChI=1S/C18H31NO2/c20-17(7-6-15-5-4-11-19-14-15)16-8-12-21-18(13-16)9-2-1-3-10-18/h15-16,19H,1-14H2. The summed E-state index contributed by atoms with van der Waals surface area (Å²) in [5.41, 5.74) is 0.0726. The molecule has 3 nitrogen and oxygen atoms in total. The third-order valence-electron chi connectivity index (χ3n) is 5.91. The zero-order valence-corrected chi connectivity index (χ0v) is 13.4. The number of ether oxygens (including phenoxy) is 1. The molecule has 0 radical (unpaired) electrons. The molecular formula is C18H31NO2. The van der Waals surface area contributed by atoms with Gasteiger partial charge in [0.2, 0.25) is 0 Å². The van der Waals surface area contributed by atoms with Crippen LogP contribution in [0.25, 0.3) is 0 Å². The number of rotatable bonds is 4. The molecule has 3 aliphatic rings. The van der Waals surface area contributed by atoms with Crippen LogP contribution in [-0.2, 0) is 9.53 Å². The highest BCUT2D eigenvalue weighted by Gasteiger charge is 2.40. The minimum absolute atomic E-state index is 0.0726. The number of piperidine rings is 1. The molecule has 3 fully saturated rings. The summed E-state index contributed by atoms with van der Waals surface area (Å²) in [6.45, 7) is 3.08. The first kappa shape index (κ1) is 15.5. The third-order valence-corrected chi connectivity index (χ3v) is 5.91. The van der Waals surface area contributed by atoms with Gasteiger partial charge in [-0.25, -0.2) is 0 Å². The number of Topliss-reactive ketones (excluding diaryl/α,β-unsaturated/α-hetero) is 1. The summed E-state index contributed by atoms with van der Waals surface area (Å²) in [6, 6.07) is 0. The van der Waals surface area contributed by atoms with Gasteiger partial charge in [0, 0.05) is 18.9 Å². The molecule has 0 aromatic rings. The molecule has 21 heavy (non-hydrogen) atoms. The Hall–Kier alpha value is -0.410. The highest BCUT2D eigenvalue weighted by Crippen LogP contribution is 2.41. The molecule has 0 aromatic heterocycles. The molecule has 2 saturated heterocycles. The lowest BCUT2D eigenvalue weighted by molar-refractivity contribution is -0.143. The van der Waals surface area contributed by atoms with E-state index in [1.54, 1.807) is 0 Å². The van der Waals surface area contributed by atoms with Crippen molar-refractivity contribution < 1.29 is 9.53 Å². The van der Waals surface area contributed by atoms with E-state index in [1.807, 2.05) is 0 Å². The predicted octanol–water partition coefficient (Wildman–Crippen LogP) is 3.46. The normalized spacial score (nSPS) is 33.0. The van der Waals surface area contributed by atoms with Crippen molar-refractivity contribution in [2.24, 2.45) is 11.8 Å². The lowest BCUT2D eigenvalue weighted by Gasteiger charge is -2.43. The summed E-state index contributed by atoms with van der Waals surface area (Å²) in [5.74, 6) is 1.54. The maximum atomic E-state index is 12.6. The van der Waals surface area contributed by atoms with Gasteiger partial charge in [0.25, 0.3) is 0 Å². The molecule has 2 atom stereocenters. The highest BCUT2D eigenvalue weighted by molar-refractivity contribution is 5.81. The summed E-state index contributed by atoms with van der Waals surface area (Å²) in [4.78, 5) is 12.6. The Balaban J connectivity index is 1.47. The average Bonchev–Trinajstić information content (AvgIpc) is 2.54. The smallest absolute Gasteiger partial charge is 0.136 e. The molecule has 3 rings (SSSR count). The Morgan fingerprint density at radius 2 is 2.00 bits per heavy atom. The van der Waals surface area contributed by atoms with E-state index in [1.165, 1.54) is 44.9 Å². The molecule has 3 heteroatoms. The number of carbonyl (C=O) groups excluding carboxylic acids is 1. The second-order valence-corrected chi connectivity index (χ2v) is 7.50. The minimum atomic E-state index is 0.0726. The Morgan fingerprint density at radius 3 is 2.76 bits per heavy atom. The Morgan fingerprint density at radius 1 is 1.14 bits per heavy atom. The van der Waals surface area contributed by atoms with Crippen LogP contribution in [0.2, 0.25) is 0 Å². The van der Waals surface area contributed by atoms with Crippen LogP contribution in [-0.4, -0.2) is 31.1 Å². The summed E-state index contributed by atoms with van der Waals surface area (Å²) in [6.07, 6.45) is 12.7. The van der Waals surface area contributed by atoms with Crippen LogP contribution in [0.3, 0.4) is 0 Å². The average molecular weight is 293 g/mol. The zero-order chi connectivity index (χ0) is 14.5. The van der Waals surface area contributed by atoms with E-state index >= 15 is 0 Å². The number of hydrogen-bond acceptors (Lipinski definition) is 3. The van der Waals surface area contributed by atoms with E-state index in [9.17, 15) is 4.79 Å². The van der Waals surface area contributed by atoms with Crippen LogP contribution in [0.5, 0.6) is 0 Å². The van der Waals surface area contributed by atoms with E-state index in [4.69, 9.17) is 4.74 Å². The molecule has 2 heterocycles. The van der Waals surface area contributed by atoms with Crippen molar-refractivity contribution in [1.82, 2.24) is 5.32 Å². The molecule has 0 aromatic carbocycles. The van der Waals surface area contributed by atoms with Crippen LogP contribution in [0.1, 0.15) is 70.6 Å². The second-order valence-electron chi connectivity index (χ2n) is 7.50. The van der Waals surface area contributed by atoms with Crippen molar-refractivity contribution in [3.05, 3.63) is 0 Å². The number of ketones is 1. The number of nitrogens with one attached hydrogen (secondary N) is 1. The van der Waals surface area contributed by atoms with E-state index in [0.717, 1.165) is 51.3 Å². The first-order valence-corrected chi connectivity index (χ1v) is 9.15. The molecule has 1 aliphatic carbocycles. The topological polar surface area (TPSA) is 38.3 Å². The largest absolute Gasteiger partial charge is 0.375 e. The molecule has 0 amide bonds. The molecule has 120 valence electrons. The van der Waals surface area contributed by atoms with Crippen molar-refractivity contribution >= 4 is 5.78 Å². The predicted molar refractivity (Wildman–Crippen MR) is 84.3 cm³/mol. The molecule has 1 spiro atoms. The van der Waals surface area contributed by atoms with Crippen molar-refractivity contribution in [2.45, 2.75) is 76.2 Å². The summed E-state index contributed by atoms with van der Waals surface area (Å²) in [5, 5.41) is 3.45. The Labute approximate surface area is 129 Å². The summed E-state index contributed by atoms with van der Waals surface area (Å²) < 4.78 is 6.12. The monoisotopic (exact) mass is 293 g/mol. The summed E-state index contributed by atoms with van der Waals surface area (Å²) in [7, 11) is 0. The second kappa shape index (κ2) is 7.23. The number of carbonyl (C=O) groups is 1. The van der Waals surface area contributed by atoms with Crippen LogP contribution >= 0.6 is 0 Å². The fourth-order valence-corrected chi connectivity index (χ4v) is 4.57. The fourth-order valence-electron chi connectivity index (χ4n) is 4.57. The summed E-state index contributed by atoms with van der Waals surface area (Å²) >= 11 is 0. The fraction of sp³-hybridized carbons (Fsp3) is 0.944. The first-order chi connectivity index (χ1) is 10.3. The molecule has 1 saturated carbocycles. The maximum absolute atomic E-state index is 12.6. The third kappa shape index (κ3) is 4.07. The van der Waals surface area contributed by atoms with Gasteiger partial charge in [-0.2, -0.15) is 0 Å². The minimum Gasteiger partial charge on any atom is -0.375 e. The van der Waals surface area contributed by atoms with Gasteiger partial charge in [0.05, 0.1) is 5.60 Å². The van der Waals surface area contributed by atoms with Gasteiger partial charge in [-0.3, -0.25) is 4.79 Å². The first-order valence-electron chi connectivity index (χ1n) is 9.15. The molecule has 2 unspecified atom stereocenters. The van der Waals surface area contributed by atoms with Gasteiger partial charge in [0.1, 0.15) is 5.78 Å². The van der Waals surface area contributed by atoms with Gasteiger partial charge < -0.3 is 10.1 Å². The van der Waals surface area contributed by atoms with Crippen molar-refractivity contribution in [3.63, 3.8) is 0 Å². The van der Waals surface area contributed by atoms with Crippen LogP contribution < -0.4 is 5.32 Å². The van der Waals surface area contributed by atoms with Crippen molar-refractivity contribution in [1.29, 1.82) is 0 Å². The number of hydrogen-bond donors (Lipinski definition) is 1. The van der Waals surface area contributed by atoms with E-state index in [2.05, 4.69) is 5.32 Å². The van der Waals surface area contributed by atoms with Gasteiger partial charge in [-0.05, 0) is 64.0 Å². The lowest BCUT2D eigenvalue weighted by atomic mass is 9.74. The van der Waals surface area contributed by atoms with E-state index < -0.39 is 0 Å². The van der Waals surface area contributed by atoms with Crippen LogP contribution in [0.4, 0.5) is 0 Å². The molecule has 0 bridgehead atoms. The zero-order valence-electron chi connectivity index (χ0n) is 13.4. The molecular weight excluding hydrogens is 262 g/mol. The Kier molecular flexibility index (Phi) is 5.33. The van der Waals surface area contributed by atoms with Gasteiger partial charge in [-0.1, -0.05) is 19.3 Å². The lowest BCUT2D eigenvalue weighted by Crippen LogP contribution is -2.43. The van der Waals surface area contributed by atoms with Gasteiger partial charge in [-0.15, -0.1) is 0 Å². The quantitative estimate of drug-likeness (QED) is 0.862. The van der Waals surface area contributed by atoms with Gasteiger partial charge >= 0.3 is 0 Å². The Bertz CT molecular complexity index is 338. The molecule has 1 N–H and O–H groups in total. The highest BCUT2D eigenvalue weighted by atomic mass is 16.5. The van der Waals surface area contributed by atoms with Crippen molar-refractivity contribution in [2.75, 3.05) is 19.7 Å². The van der Waals surface area contributed by atoms with E-state index in [-0.39, 0.29) is 11.5 Å². The maximum Gasteiger partial charge on any atom is 0.136 e. The molecule has 2 aliphatic heterocycles. The van der Waals surface area contributed by atoms with Crippen LogP contribution in [0, 0.1) is 11.8 Å². The van der Waals surface area contributed by atoms with Crippen molar-refractivity contribution in [3.8, 4) is 0 Å². The van der Waals surface area contributed by atoms with Gasteiger partial charge in [0.15, 0.2) is 0 Å². The SMILES string of the molecule is O=C(CCC1CCCNC1)C1CCOC2(CCCCC2)C1. The van der Waals surface area contributed by atoms with E-state index in [0.29, 0.717) is 5.78 Å². The van der Waals surface area contributed by atoms with Crippen LogP contribution in [0.15, 0.2) is 0 Å².